The molecule has 2 heterocycles. The Morgan fingerprint density at radius 2 is 2.09 bits per heavy atom. The van der Waals surface area contributed by atoms with Crippen molar-refractivity contribution in [2.24, 2.45) is 7.05 Å². The van der Waals surface area contributed by atoms with Gasteiger partial charge in [0.2, 0.25) is 5.43 Å². The highest BCUT2D eigenvalue weighted by Crippen LogP contribution is 2.16. The number of hydrogen-bond acceptors (Lipinski definition) is 4. The summed E-state index contributed by atoms with van der Waals surface area (Å²) >= 11 is 5.93. The van der Waals surface area contributed by atoms with Crippen molar-refractivity contribution in [3.8, 4) is 0 Å². The third-order valence-corrected chi connectivity index (χ3v) is 3.37. The molecule has 22 heavy (non-hydrogen) atoms. The van der Waals surface area contributed by atoms with E-state index >= 15 is 0 Å². The number of nitrogens with zero attached hydrogens (tertiary/aromatic N) is 3. The SMILES string of the molecule is Cn1nc(C(=O)Nc2ccccn2)c(=O)c2cc(Cl)ccc21. The Balaban J connectivity index is 2.09. The maximum atomic E-state index is 12.4. The monoisotopic (exact) mass is 314 g/mol. The lowest BCUT2D eigenvalue weighted by Gasteiger charge is -2.08. The number of anilines is 1. The van der Waals surface area contributed by atoms with Gasteiger partial charge in [-0.15, -0.1) is 0 Å². The minimum absolute atomic E-state index is 0.206. The van der Waals surface area contributed by atoms with Gasteiger partial charge in [0.15, 0.2) is 5.69 Å². The summed E-state index contributed by atoms with van der Waals surface area (Å²) in [6, 6.07) is 9.96. The summed E-state index contributed by atoms with van der Waals surface area (Å²) in [4.78, 5) is 28.7. The second kappa shape index (κ2) is 5.57. The van der Waals surface area contributed by atoms with Gasteiger partial charge in [0.25, 0.3) is 5.91 Å². The summed E-state index contributed by atoms with van der Waals surface area (Å²) < 4.78 is 1.47. The van der Waals surface area contributed by atoms with E-state index in [0.717, 1.165) is 0 Å². The van der Waals surface area contributed by atoms with Crippen LogP contribution in [-0.2, 0) is 7.05 Å². The van der Waals surface area contributed by atoms with Crippen LogP contribution in [0.25, 0.3) is 10.9 Å². The molecule has 0 fully saturated rings. The fourth-order valence-corrected chi connectivity index (χ4v) is 2.28. The molecule has 0 aliphatic heterocycles. The van der Waals surface area contributed by atoms with Crippen LogP contribution in [0.4, 0.5) is 5.82 Å². The van der Waals surface area contributed by atoms with Gasteiger partial charge in [0.1, 0.15) is 5.82 Å². The second-order valence-electron chi connectivity index (χ2n) is 4.63. The number of hydrogen-bond donors (Lipinski definition) is 1. The van der Waals surface area contributed by atoms with Crippen molar-refractivity contribution in [1.29, 1.82) is 0 Å². The van der Waals surface area contributed by atoms with Gasteiger partial charge in [-0.1, -0.05) is 17.7 Å². The van der Waals surface area contributed by atoms with Gasteiger partial charge in [0.05, 0.1) is 10.9 Å². The minimum Gasteiger partial charge on any atom is -0.305 e. The number of nitrogens with one attached hydrogen (secondary N) is 1. The van der Waals surface area contributed by atoms with Crippen LogP contribution in [0.2, 0.25) is 5.02 Å². The predicted octanol–water partition coefficient (Wildman–Crippen LogP) is 2.23. The molecule has 0 bridgehead atoms. The third-order valence-electron chi connectivity index (χ3n) is 3.14. The molecule has 0 spiro atoms. The standard InChI is InChI=1S/C15H11ClN4O2/c1-20-11-6-5-9(16)8-10(11)14(21)13(19-20)15(22)18-12-4-2-3-7-17-12/h2-8H,1H3,(H,17,18,22). The lowest BCUT2D eigenvalue weighted by atomic mass is 10.2. The Hall–Kier alpha value is -2.73. The van der Waals surface area contributed by atoms with Crippen molar-refractivity contribution in [1.82, 2.24) is 14.8 Å². The number of fused-ring (bicyclic) bond motifs is 1. The molecular weight excluding hydrogens is 304 g/mol. The van der Waals surface area contributed by atoms with E-state index in [4.69, 9.17) is 11.6 Å². The number of halogens is 1. The fourth-order valence-electron chi connectivity index (χ4n) is 2.11. The Kier molecular flexibility index (Phi) is 3.60. The number of pyridine rings is 1. The highest BCUT2D eigenvalue weighted by molar-refractivity contribution is 6.31. The quantitative estimate of drug-likeness (QED) is 0.787. The molecule has 6 nitrogen and oxygen atoms in total. The number of rotatable bonds is 2. The Bertz CT molecular complexity index is 922. The molecule has 0 aliphatic rings. The maximum Gasteiger partial charge on any atom is 0.281 e. The molecule has 3 rings (SSSR count). The number of carbonyl (C=O) groups excluding carboxylic acids is 1. The summed E-state index contributed by atoms with van der Waals surface area (Å²) in [5.41, 5.74) is -0.0734. The molecule has 0 saturated carbocycles. The number of benzene rings is 1. The molecular formula is C15H11ClN4O2. The Morgan fingerprint density at radius 1 is 1.27 bits per heavy atom. The van der Waals surface area contributed by atoms with Crippen LogP contribution < -0.4 is 10.7 Å². The first-order chi connectivity index (χ1) is 10.6. The highest BCUT2D eigenvalue weighted by atomic mass is 35.5. The van der Waals surface area contributed by atoms with Gasteiger partial charge < -0.3 is 5.32 Å². The number of aryl methyl sites for hydroxylation is 1. The van der Waals surface area contributed by atoms with E-state index in [1.165, 1.54) is 10.7 Å². The number of carbonyl (C=O) groups is 1. The molecule has 1 amide bonds. The molecule has 0 saturated heterocycles. The van der Waals surface area contributed by atoms with Gasteiger partial charge in [-0.2, -0.15) is 5.10 Å². The van der Waals surface area contributed by atoms with Crippen molar-refractivity contribution in [2.75, 3.05) is 5.32 Å². The van der Waals surface area contributed by atoms with Crippen LogP contribution in [0.1, 0.15) is 10.5 Å². The largest absolute Gasteiger partial charge is 0.305 e. The van der Waals surface area contributed by atoms with E-state index in [0.29, 0.717) is 21.7 Å². The Labute approximate surface area is 130 Å². The zero-order valence-electron chi connectivity index (χ0n) is 11.6. The molecule has 1 N–H and O–H groups in total. The average molecular weight is 315 g/mol. The molecule has 0 unspecified atom stereocenters. The zero-order chi connectivity index (χ0) is 15.7. The van der Waals surface area contributed by atoms with Crippen LogP contribution in [0.15, 0.2) is 47.4 Å². The van der Waals surface area contributed by atoms with Gasteiger partial charge in [-0.25, -0.2) is 4.98 Å². The van der Waals surface area contributed by atoms with Gasteiger partial charge >= 0.3 is 0 Å². The van der Waals surface area contributed by atoms with Crippen LogP contribution in [0.3, 0.4) is 0 Å². The van der Waals surface area contributed by atoms with E-state index in [1.54, 1.807) is 43.6 Å². The van der Waals surface area contributed by atoms with Gasteiger partial charge in [-0.3, -0.25) is 14.3 Å². The third kappa shape index (κ3) is 2.56. The molecule has 3 aromatic rings. The lowest BCUT2D eigenvalue weighted by Crippen LogP contribution is -2.26. The molecule has 2 aromatic heterocycles. The van der Waals surface area contributed by atoms with Crippen molar-refractivity contribution in [2.45, 2.75) is 0 Å². The Morgan fingerprint density at radius 3 is 2.82 bits per heavy atom. The van der Waals surface area contributed by atoms with E-state index in [-0.39, 0.29) is 5.69 Å². The minimum atomic E-state index is -0.610. The molecule has 0 radical (unpaired) electrons. The molecule has 0 atom stereocenters. The summed E-state index contributed by atoms with van der Waals surface area (Å²) in [5.74, 6) is -0.260. The van der Waals surface area contributed by atoms with Gasteiger partial charge in [-0.05, 0) is 30.3 Å². The molecule has 1 aromatic carbocycles. The highest BCUT2D eigenvalue weighted by Gasteiger charge is 2.17. The first-order valence-corrected chi connectivity index (χ1v) is 6.83. The predicted molar refractivity (Wildman–Crippen MR) is 84.2 cm³/mol. The van der Waals surface area contributed by atoms with Gasteiger partial charge in [0, 0.05) is 18.3 Å². The first kappa shape index (κ1) is 14.2. The smallest absolute Gasteiger partial charge is 0.281 e. The summed E-state index contributed by atoms with van der Waals surface area (Å²) in [5, 5.41) is 7.36. The van der Waals surface area contributed by atoms with E-state index in [9.17, 15) is 9.59 Å². The summed E-state index contributed by atoms with van der Waals surface area (Å²) in [6.07, 6.45) is 1.54. The van der Waals surface area contributed by atoms with Crippen molar-refractivity contribution in [3.63, 3.8) is 0 Å². The number of aromatic nitrogens is 3. The molecule has 7 heteroatoms. The van der Waals surface area contributed by atoms with Crippen molar-refractivity contribution in [3.05, 3.63) is 63.5 Å². The first-order valence-electron chi connectivity index (χ1n) is 6.45. The van der Waals surface area contributed by atoms with Crippen LogP contribution in [0, 0.1) is 0 Å². The van der Waals surface area contributed by atoms with Crippen LogP contribution in [0.5, 0.6) is 0 Å². The second-order valence-corrected chi connectivity index (χ2v) is 5.07. The van der Waals surface area contributed by atoms with Crippen molar-refractivity contribution >= 4 is 34.2 Å². The molecule has 110 valence electrons. The summed E-state index contributed by atoms with van der Waals surface area (Å²) in [6.45, 7) is 0. The van der Waals surface area contributed by atoms with Crippen LogP contribution >= 0.6 is 11.6 Å². The topological polar surface area (TPSA) is 76.9 Å². The maximum absolute atomic E-state index is 12.4. The zero-order valence-corrected chi connectivity index (χ0v) is 12.3. The van der Waals surface area contributed by atoms with E-state index < -0.39 is 11.3 Å². The lowest BCUT2D eigenvalue weighted by molar-refractivity contribution is 0.101. The molecule has 0 aliphatic carbocycles. The van der Waals surface area contributed by atoms with E-state index in [2.05, 4.69) is 15.4 Å². The van der Waals surface area contributed by atoms with Crippen LogP contribution in [-0.4, -0.2) is 20.7 Å². The average Bonchev–Trinajstić information content (AvgIpc) is 2.51. The fraction of sp³-hybridized carbons (Fsp3) is 0.0667. The number of amides is 1. The van der Waals surface area contributed by atoms with Crippen molar-refractivity contribution < 1.29 is 4.79 Å². The van der Waals surface area contributed by atoms with E-state index in [1.807, 2.05) is 0 Å². The summed E-state index contributed by atoms with van der Waals surface area (Å²) in [7, 11) is 1.66. The normalized spacial score (nSPS) is 10.6.